The number of hydrogen-bond acceptors (Lipinski definition) is 4. The number of nitrogens with zero attached hydrogens (tertiary/aromatic N) is 3. The molecule has 2 heterocycles. The Hall–Kier alpha value is -2.05. The van der Waals surface area contributed by atoms with Gasteiger partial charge in [0.05, 0.1) is 0 Å². The minimum absolute atomic E-state index is 0.0404. The zero-order valence-electron chi connectivity index (χ0n) is 18.1. The molecule has 7 heteroatoms. The molecule has 29 heavy (non-hydrogen) atoms. The summed E-state index contributed by atoms with van der Waals surface area (Å²) in [5.41, 5.74) is -0.521. The minimum atomic E-state index is -0.521. The molecular weight excluding hydrogens is 370 g/mol. The van der Waals surface area contributed by atoms with E-state index < -0.39 is 5.60 Å². The van der Waals surface area contributed by atoms with Crippen LogP contribution in [0.5, 0.6) is 0 Å². The fourth-order valence-electron chi connectivity index (χ4n) is 4.37. The van der Waals surface area contributed by atoms with Gasteiger partial charge in [-0.15, -0.1) is 0 Å². The van der Waals surface area contributed by atoms with E-state index in [1.807, 2.05) is 20.8 Å². The first-order chi connectivity index (χ1) is 13.7. The molecule has 3 rings (SSSR count). The van der Waals surface area contributed by atoms with E-state index in [9.17, 15) is 14.4 Å². The van der Waals surface area contributed by atoms with Gasteiger partial charge in [-0.1, -0.05) is 6.58 Å². The summed E-state index contributed by atoms with van der Waals surface area (Å²) in [7, 11) is 0. The second-order valence-corrected chi connectivity index (χ2v) is 9.50. The summed E-state index contributed by atoms with van der Waals surface area (Å²) >= 11 is 0. The Bertz CT molecular complexity index is 645. The van der Waals surface area contributed by atoms with Crippen LogP contribution in [0, 0.1) is 5.92 Å². The Balaban J connectivity index is 1.62. The van der Waals surface area contributed by atoms with Crippen LogP contribution in [0.2, 0.25) is 0 Å². The third-order valence-electron chi connectivity index (χ3n) is 5.97. The zero-order chi connectivity index (χ0) is 21.2. The largest absolute Gasteiger partial charge is 0.444 e. The number of hydrogen-bond donors (Lipinski definition) is 0. The maximum atomic E-state index is 13.4. The molecular formula is C22H35N3O4. The van der Waals surface area contributed by atoms with Crippen molar-refractivity contribution in [2.75, 3.05) is 26.2 Å². The van der Waals surface area contributed by atoms with Crippen LogP contribution in [0.4, 0.5) is 4.79 Å². The average Bonchev–Trinajstić information content (AvgIpc) is 3.51. The lowest BCUT2D eigenvalue weighted by Gasteiger charge is -2.42. The molecule has 1 unspecified atom stereocenters. The van der Waals surface area contributed by atoms with Gasteiger partial charge in [0.15, 0.2) is 0 Å². The molecule has 0 spiro atoms. The molecule has 7 nitrogen and oxygen atoms in total. The second kappa shape index (κ2) is 8.76. The van der Waals surface area contributed by atoms with Gasteiger partial charge in [0.25, 0.3) is 0 Å². The first kappa shape index (κ1) is 21.7. The fraction of sp³-hybridized carbons (Fsp3) is 0.773. The van der Waals surface area contributed by atoms with Gasteiger partial charge in [0.1, 0.15) is 5.60 Å². The quantitative estimate of drug-likeness (QED) is 0.675. The monoisotopic (exact) mass is 405 g/mol. The van der Waals surface area contributed by atoms with Crippen LogP contribution in [0.3, 0.4) is 0 Å². The van der Waals surface area contributed by atoms with E-state index in [1.54, 1.807) is 9.80 Å². The van der Waals surface area contributed by atoms with Crippen LogP contribution in [-0.2, 0) is 14.3 Å². The number of carbonyl (C=O) groups excluding carboxylic acids is 3. The van der Waals surface area contributed by atoms with Crippen LogP contribution in [0.1, 0.15) is 59.3 Å². The topological polar surface area (TPSA) is 70.2 Å². The first-order valence-corrected chi connectivity index (χ1v) is 10.9. The number of rotatable bonds is 4. The van der Waals surface area contributed by atoms with Gasteiger partial charge in [0.2, 0.25) is 11.8 Å². The normalized spacial score (nSPS) is 23.5. The summed E-state index contributed by atoms with van der Waals surface area (Å²) in [6, 6.07) is 0.364. The highest BCUT2D eigenvalue weighted by Crippen LogP contribution is 2.34. The van der Waals surface area contributed by atoms with Crippen LogP contribution < -0.4 is 0 Å². The Morgan fingerprint density at radius 1 is 0.966 bits per heavy atom. The first-order valence-electron chi connectivity index (χ1n) is 10.9. The third-order valence-corrected chi connectivity index (χ3v) is 5.97. The zero-order valence-corrected chi connectivity index (χ0v) is 18.1. The summed E-state index contributed by atoms with van der Waals surface area (Å²) in [4.78, 5) is 43.3. The Morgan fingerprint density at radius 2 is 1.62 bits per heavy atom. The standard InChI is InChI=1S/C22H35N3O4/c1-5-19(26)23-13-10-16(11-14-23)20(27)25(17-8-9-17)18-7-6-12-24(15-18)21(28)29-22(2,3)4/h5,16-18H,1,6-15H2,2-4H3. The van der Waals surface area contributed by atoms with Crippen molar-refractivity contribution >= 4 is 17.9 Å². The van der Waals surface area contributed by atoms with E-state index in [0.717, 1.165) is 25.7 Å². The molecule has 2 saturated heterocycles. The Labute approximate surface area is 174 Å². The molecule has 3 fully saturated rings. The lowest BCUT2D eigenvalue weighted by atomic mass is 9.93. The molecule has 0 aromatic heterocycles. The average molecular weight is 406 g/mol. The molecule has 0 bridgehead atoms. The van der Waals surface area contributed by atoms with Crippen molar-refractivity contribution in [2.45, 2.75) is 77.0 Å². The SMILES string of the molecule is C=CC(=O)N1CCC(C(=O)N(C2CC2)C2CCCN(C(=O)OC(C)(C)C)C2)CC1. The molecule has 0 radical (unpaired) electrons. The van der Waals surface area contributed by atoms with E-state index >= 15 is 0 Å². The van der Waals surface area contributed by atoms with Crippen molar-refractivity contribution in [3.05, 3.63) is 12.7 Å². The highest BCUT2D eigenvalue weighted by atomic mass is 16.6. The van der Waals surface area contributed by atoms with Gasteiger partial charge in [-0.3, -0.25) is 9.59 Å². The minimum Gasteiger partial charge on any atom is -0.444 e. The molecule has 0 aromatic carbocycles. The van der Waals surface area contributed by atoms with Crippen molar-refractivity contribution in [1.82, 2.24) is 14.7 Å². The molecule has 2 aliphatic heterocycles. The van der Waals surface area contributed by atoms with Crippen molar-refractivity contribution < 1.29 is 19.1 Å². The highest BCUT2D eigenvalue weighted by Gasteiger charge is 2.42. The molecule has 1 atom stereocenters. The second-order valence-electron chi connectivity index (χ2n) is 9.50. The maximum Gasteiger partial charge on any atom is 0.410 e. The maximum absolute atomic E-state index is 13.4. The molecule has 1 saturated carbocycles. The number of likely N-dealkylation sites (tertiary alicyclic amines) is 2. The van der Waals surface area contributed by atoms with Crippen LogP contribution in [-0.4, -0.2) is 76.5 Å². The van der Waals surface area contributed by atoms with Gasteiger partial charge in [-0.2, -0.15) is 0 Å². The summed E-state index contributed by atoms with van der Waals surface area (Å²) in [6.07, 6.45) is 6.34. The van der Waals surface area contributed by atoms with Gasteiger partial charge in [-0.05, 0) is 65.4 Å². The van der Waals surface area contributed by atoms with Gasteiger partial charge >= 0.3 is 6.09 Å². The summed E-state index contributed by atoms with van der Waals surface area (Å²) < 4.78 is 5.54. The predicted octanol–water partition coefficient (Wildman–Crippen LogP) is 2.80. The third kappa shape index (κ3) is 5.52. The number of amides is 3. The number of ether oxygens (including phenoxy) is 1. The highest BCUT2D eigenvalue weighted by molar-refractivity contribution is 5.87. The Kier molecular flexibility index (Phi) is 6.54. The lowest BCUT2D eigenvalue weighted by Crippen LogP contribution is -2.55. The summed E-state index contributed by atoms with van der Waals surface area (Å²) in [5.74, 6) is 0.103. The van der Waals surface area contributed by atoms with E-state index in [1.165, 1.54) is 6.08 Å². The number of carbonyl (C=O) groups is 3. The van der Waals surface area contributed by atoms with Crippen LogP contribution in [0.15, 0.2) is 12.7 Å². The van der Waals surface area contributed by atoms with Gasteiger partial charge in [0, 0.05) is 44.2 Å². The van der Waals surface area contributed by atoms with Crippen LogP contribution >= 0.6 is 0 Å². The Morgan fingerprint density at radius 3 is 2.17 bits per heavy atom. The van der Waals surface area contributed by atoms with Crippen molar-refractivity contribution in [3.63, 3.8) is 0 Å². The molecule has 162 valence electrons. The lowest BCUT2D eigenvalue weighted by molar-refractivity contribution is -0.143. The number of piperidine rings is 2. The van der Waals surface area contributed by atoms with Crippen molar-refractivity contribution in [1.29, 1.82) is 0 Å². The van der Waals surface area contributed by atoms with Gasteiger partial charge in [-0.25, -0.2) is 4.79 Å². The van der Waals surface area contributed by atoms with Crippen molar-refractivity contribution in [3.8, 4) is 0 Å². The van der Waals surface area contributed by atoms with E-state index in [2.05, 4.69) is 11.5 Å². The molecule has 0 aromatic rings. The van der Waals surface area contributed by atoms with Crippen LogP contribution in [0.25, 0.3) is 0 Å². The van der Waals surface area contributed by atoms with E-state index in [4.69, 9.17) is 4.74 Å². The van der Waals surface area contributed by atoms with E-state index in [0.29, 0.717) is 45.1 Å². The molecule has 3 amide bonds. The van der Waals surface area contributed by atoms with Gasteiger partial charge < -0.3 is 19.4 Å². The smallest absolute Gasteiger partial charge is 0.410 e. The summed E-state index contributed by atoms with van der Waals surface area (Å²) in [6.45, 7) is 11.6. The van der Waals surface area contributed by atoms with Crippen molar-refractivity contribution in [2.24, 2.45) is 5.92 Å². The predicted molar refractivity (Wildman–Crippen MR) is 110 cm³/mol. The molecule has 0 N–H and O–H groups in total. The fourth-order valence-corrected chi connectivity index (χ4v) is 4.37. The molecule has 3 aliphatic rings. The molecule has 1 aliphatic carbocycles. The summed E-state index contributed by atoms with van der Waals surface area (Å²) in [5, 5.41) is 0. The van der Waals surface area contributed by atoms with E-state index in [-0.39, 0.29) is 29.9 Å².